The molecule has 6 rings (SSSR count). The van der Waals surface area contributed by atoms with Crippen LogP contribution in [0.15, 0.2) is 88.5 Å². The zero-order chi connectivity index (χ0) is 32.2. The van der Waals surface area contributed by atoms with Gasteiger partial charge in [-0.2, -0.15) is 0 Å². The monoisotopic (exact) mass is 734 g/mol. The maximum Gasteiger partial charge on any atom is 0.191 e. The van der Waals surface area contributed by atoms with Crippen LogP contribution >= 0.6 is 39.3 Å². The number of aromatic nitrogens is 1. The highest BCUT2D eigenvalue weighted by molar-refractivity contribution is 9.10. The zero-order valence-electron chi connectivity index (χ0n) is 24.5. The first-order valence-electron chi connectivity index (χ1n) is 14.3. The number of nitrogens with zero attached hydrogens (tertiary/aromatic N) is 1. The first-order chi connectivity index (χ1) is 22.3. The maximum absolute atomic E-state index is 15.1. The van der Waals surface area contributed by atoms with Crippen LogP contribution in [0.25, 0.3) is 0 Å². The van der Waals surface area contributed by atoms with Crippen molar-refractivity contribution in [3.8, 4) is 11.5 Å². The molecule has 0 saturated carbocycles. The summed E-state index contributed by atoms with van der Waals surface area (Å²) in [4.78, 5) is 4.96. The highest BCUT2D eigenvalue weighted by Gasteiger charge is 2.49. The summed E-state index contributed by atoms with van der Waals surface area (Å²) in [6.07, 6.45) is -0.947. The number of ether oxygens (including phenoxy) is 6. The van der Waals surface area contributed by atoms with Crippen LogP contribution in [0.4, 0.5) is 8.78 Å². The van der Waals surface area contributed by atoms with E-state index in [1.165, 1.54) is 30.1 Å². The van der Waals surface area contributed by atoms with E-state index in [-0.39, 0.29) is 25.4 Å². The van der Waals surface area contributed by atoms with E-state index >= 15 is 8.78 Å². The molecule has 6 unspecified atom stereocenters. The molecule has 0 spiro atoms. The fourth-order valence-electron chi connectivity index (χ4n) is 5.20. The van der Waals surface area contributed by atoms with Crippen molar-refractivity contribution in [3.05, 3.63) is 117 Å². The molecular formula is C33H30BrClF2N2O6S. The van der Waals surface area contributed by atoms with Crippen molar-refractivity contribution >= 4 is 39.3 Å². The number of rotatable bonds is 10. The van der Waals surface area contributed by atoms with Gasteiger partial charge in [-0.05, 0) is 57.4 Å². The molecule has 46 heavy (non-hydrogen) atoms. The molecule has 242 valence electrons. The number of fused-ring (bicyclic) bond motifs is 1. The molecule has 2 aliphatic rings. The van der Waals surface area contributed by atoms with Crippen molar-refractivity contribution < 1.29 is 37.2 Å². The summed E-state index contributed by atoms with van der Waals surface area (Å²) in [5.41, 5.74) is 7.99. The predicted octanol–water partition coefficient (Wildman–Crippen LogP) is 7.21. The lowest BCUT2D eigenvalue weighted by Crippen LogP contribution is -2.64. The summed E-state index contributed by atoms with van der Waals surface area (Å²) in [6.45, 7) is 0.0620. The number of methoxy groups -OCH3 is 1. The Morgan fingerprint density at radius 1 is 1.00 bits per heavy atom. The summed E-state index contributed by atoms with van der Waals surface area (Å²) in [7, 11) is 1.56. The van der Waals surface area contributed by atoms with E-state index in [4.69, 9.17) is 45.8 Å². The van der Waals surface area contributed by atoms with Gasteiger partial charge in [0, 0.05) is 16.7 Å². The molecule has 0 bridgehead atoms. The lowest BCUT2D eigenvalue weighted by molar-refractivity contribution is -0.301. The highest BCUT2D eigenvalue weighted by atomic mass is 79.9. The summed E-state index contributed by atoms with van der Waals surface area (Å²) < 4.78 is 66.4. The highest BCUT2D eigenvalue weighted by Crippen LogP contribution is 2.41. The molecule has 0 aliphatic carbocycles. The third-order valence-electron chi connectivity index (χ3n) is 7.53. The number of nitrogens with two attached hydrogens (primary N) is 1. The Balaban J connectivity index is 1.19. The van der Waals surface area contributed by atoms with Crippen LogP contribution in [-0.2, 0) is 32.2 Å². The lowest BCUT2D eigenvalue weighted by Gasteiger charge is -2.48. The van der Waals surface area contributed by atoms with Gasteiger partial charge in [0.1, 0.15) is 40.7 Å². The third kappa shape index (κ3) is 7.66. The number of halogens is 4. The Hall–Kier alpha value is -2.81. The number of pyridine rings is 1. The van der Waals surface area contributed by atoms with Gasteiger partial charge in [-0.3, -0.25) is 0 Å². The Kier molecular flexibility index (Phi) is 10.8. The van der Waals surface area contributed by atoms with Gasteiger partial charge in [-0.25, -0.2) is 13.8 Å². The second-order valence-corrected chi connectivity index (χ2v) is 13.0. The van der Waals surface area contributed by atoms with E-state index in [0.29, 0.717) is 20.3 Å². The van der Waals surface area contributed by atoms with Crippen molar-refractivity contribution in [1.82, 2.24) is 4.98 Å². The molecule has 2 saturated heterocycles. The second kappa shape index (κ2) is 15.0. The molecule has 2 N–H and O–H groups in total. The minimum Gasteiger partial charge on any atom is -0.497 e. The first-order valence-corrected chi connectivity index (χ1v) is 16.4. The molecule has 6 atom stereocenters. The van der Waals surface area contributed by atoms with Crippen molar-refractivity contribution in [2.75, 3.05) is 13.7 Å². The molecule has 13 heteroatoms. The van der Waals surface area contributed by atoms with Gasteiger partial charge < -0.3 is 34.2 Å². The van der Waals surface area contributed by atoms with Gasteiger partial charge >= 0.3 is 0 Å². The van der Waals surface area contributed by atoms with Gasteiger partial charge in [-0.1, -0.05) is 65.8 Å². The zero-order valence-corrected chi connectivity index (χ0v) is 27.6. The minimum atomic E-state index is -0.852. The number of benzene rings is 3. The topological polar surface area (TPSA) is 94.3 Å². The van der Waals surface area contributed by atoms with Gasteiger partial charge in [0.15, 0.2) is 23.7 Å². The fourth-order valence-corrected chi connectivity index (χ4v) is 7.11. The fraction of sp³-hybridized carbons (Fsp3) is 0.303. The van der Waals surface area contributed by atoms with Gasteiger partial charge in [0.2, 0.25) is 0 Å². The molecule has 1 aromatic heterocycles. The van der Waals surface area contributed by atoms with Crippen LogP contribution in [0.5, 0.6) is 11.5 Å². The molecular weight excluding hydrogens is 706 g/mol. The van der Waals surface area contributed by atoms with Crippen LogP contribution in [0, 0.1) is 11.6 Å². The van der Waals surface area contributed by atoms with E-state index in [0.717, 1.165) is 11.1 Å². The van der Waals surface area contributed by atoms with E-state index in [1.807, 2.05) is 30.3 Å². The maximum atomic E-state index is 15.1. The minimum absolute atomic E-state index is 0.0228. The van der Waals surface area contributed by atoms with Crippen molar-refractivity contribution in [2.45, 2.75) is 54.2 Å². The molecule has 3 aromatic carbocycles. The number of thioether (sulfide) groups is 1. The molecule has 4 aromatic rings. The largest absolute Gasteiger partial charge is 0.497 e. The van der Waals surface area contributed by atoms with E-state index in [9.17, 15) is 0 Å². The Labute approximate surface area is 282 Å². The summed E-state index contributed by atoms with van der Waals surface area (Å²) >= 11 is 11.0. The van der Waals surface area contributed by atoms with Gasteiger partial charge in [-0.15, -0.1) is 0 Å². The average Bonchev–Trinajstić information content (AvgIpc) is 3.06. The molecule has 2 aliphatic heterocycles. The quantitative estimate of drug-likeness (QED) is 0.170. The first kappa shape index (κ1) is 33.1. The molecule has 0 amide bonds. The van der Waals surface area contributed by atoms with E-state index < -0.39 is 53.5 Å². The van der Waals surface area contributed by atoms with Crippen molar-refractivity contribution in [3.63, 3.8) is 0 Å². The molecule has 2 fully saturated rings. The summed E-state index contributed by atoms with van der Waals surface area (Å²) in [6, 6.07) is 19.9. The predicted molar refractivity (Wildman–Crippen MR) is 172 cm³/mol. The van der Waals surface area contributed by atoms with Crippen molar-refractivity contribution in [1.29, 1.82) is 0 Å². The van der Waals surface area contributed by atoms with Crippen LogP contribution in [0.3, 0.4) is 0 Å². The van der Waals surface area contributed by atoms with Crippen LogP contribution in [0.1, 0.15) is 23.0 Å². The van der Waals surface area contributed by atoms with Crippen LogP contribution in [0.2, 0.25) is 5.02 Å². The molecule has 3 heterocycles. The summed E-state index contributed by atoms with van der Waals surface area (Å²) in [5, 5.41) is 0.441. The van der Waals surface area contributed by atoms with Crippen LogP contribution < -0.4 is 15.2 Å². The average molecular weight is 736 g/mol. The number of hydrogen-bond acceptors (Lipinski definition) is 9. The standard InChI is InChI=1S/C33H30BrClF2N2O6S/c1-40-22-9-7-18(8-10-22)15-41-28-23(36)11-19(12-24(28)37)16-42-30-27(38)29-25(17-43-32(45-29)20-5-3-2-4-6-20)44-33(30)46-26-13-21(35)14-39-31(26)34/h2-14,25,27,29-30,32-33H,15-17,38H2,1H3. The van der Waals surface area contributed by atoms with E-state index in [1.54, 1.807) is 37.4 Å². The SMILES string of the molecule is COc1ccc(COc2c(F)cc(COC3C(Sc4cc(Cl)cnc4Br)OC4COC(c5ccccc5)OC4C3N)cc2F)cc1. The van der Waals surface area contributed by atoms with Gasteiger partial charge in [0.25, 0.3) is 0 Å². The van der Waals surface area contributed by atoms with E-state index in [2.05, 4.69) is 20.9 Å². The normalized spacial score (nSPS) is 24.3. The summed E-state index contributed by atoms with van der Waals surface area (Å²) in [5.74, 6) is -1.51. The van der Waals surface area contributed by atoms with Gasteiger partial charge in [0.05, 0.1) is 31.4 Å². The van der Waals surface area contributed by atoms with Crippen molar-refractivity contribution in [2.24, 2.45) is 5.73 Å². The number of hydrogen-bond donors (Lipinski definition) is 1. The Morgan fingerprint density at radius 3 is 2.46 bits per heavy atom. The molecule has 8 nitrogen and oxygen atoms in total. The Morgan fingerprint density at radius 2 is 1.74 bits per heavy atom. The second-order valence-electron chi connectivity index (χ2n) is 10.7. The Bertz CT molecular complexity index is 1620. The smallest absolute Gasteiger partial charge is 0.191 e. The third-order valence-corrected chi connectivity index (χ3v) is 9.80. The lowest BCUT2D eigenvalue weighted by atomic mass is 9.96. The van der Waals surface area contributed by atoms with Crippen LogP contribution in [-0.4, -0.2) is 48.5 Å². The molecule has 0 radical (unpaired) electrons.